The molecule has 2 aromatic rings. The van der Waals surface area contributed by atoms with E-state index in [9.17, 15) is 9.59 Å². The first-order valence-corrected chi connectivity index (χ1v) is 9.11. The van der Waals surface area contributed by atoms with Crippen LogP contribution in [0.2, 0.25) is 0 Å². The molecule has 1 fully saturated rings. The van der Waals surface area contributed by atoms with Gasteiger partial charge >= 0.3 is 5.97 Å². The predicted molar refractivity (Wildman–Crippen MR) is 94.5 cm³/mol. The van der Waals surface area contributed by atoms with Crippen LogP contribution in [-0.2, 0) is 20.7 Å². The van der Waals surface area contributed by atoms with E-state index < -0.39 is 0 Å². The molecule has 0 aliphatic carbocycles. The maximum absolute atomic E-state index is 12.7. The number of aromatic nitrogens is 4. The van der Waals surface area contributed by atoms with Crippen molar-refractivity contribution in [1.82, 2.24) is 24.5 Å². The first kappa shape index (κ1) is 18.3. The molecule has 0 bridgehead atoms. The lowest BCUT2D eigenvalue weighted by Crippen LogP contribution is -2.42. The van der Waals surface area contributed by atoms with Crippen molar-refractivity contribution < 1.29 is 14.3 Å². The van der Waals surface area contributed by atoms with Crippen molar-refractivity contribution in [1.29, 1.82) is 0 Å². The quantitative estimate of drug-likeness (QED) is 0.751. The lowest BCUT2D eigenvalue weighted by molar-refractivity contribution is -0.151. The highest BCUT2D eigenvalue weighted by atomic mass is 16.5. The number of carbonyl (C=O) groups excluding carboxylic acids is 2. The Morgan fingerprint density at radius 2 is 2.15 bits per heavy atom. The van der Waals surface area contributed by atoms with Gasteiger partial charge in [-0.3, -0.25) is 9.59 Å². The van der Waals surface area contributed by atoms with Crippen molar-refractivity contribution in [3.05, 3.63) is 23.3 Å². The number of carbonyl (C=O) groups is 2. The number of hydrogen-bond acceptors (Lipinski definition) is 6. The predicted octanol–water partition coefficient (Wildman–Crippen LogP) is 1.48. The number of piperidine rings is 1. The number of aryl methyl sites for hydroxylation is 2. The van der Waals surface area contributed by atoms with Gasteiger partial charge in [0.2, 0.25) is 5.91 Å². The molecule has 1 atom stereocenters. The molecule has 0 aromatic carbocycles. The van der Waals surface area contributed by atoms with E-state index >= 15 is 0 Å². The summed E-state index contributed by atoms with van der Waals surface area (Å²) in [5.41, 5.74) is 2.86. The number of ether oxygens (including phenoxy) is 1. The average molecular weight is 359 g/mol. The molecule has 3 heterocycles. The van der Waals surface area contributed by atoms with Crippen LogP contribution in [0, 0.1) is 19.8 Å². The van der Waals surface area contributed by atoms with Crippen LogP contribution in [0.15, 0.2) is 6.33 Å². The smallest absolute Gasteiger partial charge is 0.310 e. The molecule has 1 aliphatic rings. The highest BCUT2D eigenvalue weighted by Crippen LogP contribution is 2.20. The molecular formula is C18H25N5O3. The zero-order chi connectivity index (χ0) is 18.7. The van der Waals surface area contributed by atoms with Gasteiger partial charge in [-0.15, -0.1) is 0 Å². The van der Waals surface area contributed by atoms with Gasteiger partial charge in [0.15, 0.2) is 0 Å². The van der Waals surface area contributed by atoms with Gasteiger partial charge in [0.05, 0.1) is 12.5 Å². The van der Waals surface area contributed by atoms with Crippen LogP contribution >= 0.6 is 0 Å². The molecule has 26 heavy (non-hydrogen) atoms. The number of nitrogens with zero attached hydrogens (tertiary/aromatic N) is 5. The van der Waals surface area contributed by atoms with E-state index in [-0.39, 0.29) is 17.8 Å². The summed E-state index contributed by atoms with van der Waals surface area (Å²) in [6.45, 7) is 7.23. The summed E-state index contributed by atoms with van der Waals surface area (Å²) in [6, 6.07) is 0. The van der Waals surface area contributed by atoms with Crippen molar-refractivity contribution >= 4 is 17.7 Å². The second kappa shape index (κ2) is 7.80. The fourth-order valence-corrected chi connectivity index (χ4v) is 3.56. The van der Waals surface area contributed by atoms with Gasteiger partial charge in [0.1, 0.15) is 6.33 Å². The molecule has 1 amide bonds. The average Bonchev–Trinajstić information content (AvgIpc) is 3.10. The Morgan fingerprint density at radius 1 is 1.35 bits per heavy atom. The molecule has 0 N–H and O–H groups in total. The minimum Gasteiger partial charge on any atom is -0.466 e. The number of rotatable bonds is 5. The van der Waals surface area contributed by atoms with E-state index in [0.717, 1.165) is 29.8 Å². The van der Waals surface area contributed by atoms with Gasteiger partial charge < -0.3 is 9.64 Å². The topological polar surface area (TPSA) is 89.7 Å². The van der Waals surface area contributed by atoms with Crippen molar-refractivity contribution in [2.24, 2.45) is 5.92 Å². The Bertz CT molecular complexity index is 817. The van der Waals surface area contributed by atoms with Crippen LogP contribution in [0.5, 0.6) is 0 Å². The lowest BCUT2D eigenvalue weighted by atomic mass is 9.97. The summed E-state index contributed by atoms with van der Waals surface area (Å²) in [5.74, 6) is 0.238. The van der Waals surface area contributed by atoms with Crippen LogP contribution in [0.3, 0.4) is 0 Å². The van der Waals surface area contributed by atoms with Gasteiger partial charge in [0, 0.05) is 30.9 Å². The first-order chi connectivity index (χ1) is 12.5. The maximum Gasteiger partial charge on any atom is 0.310 e. The van der Waals surface area contributed by atoms with Gasteiger partial charge in [-0.1, -0.05) is 0 Å². The Hall–Kier alpha value is -2.51. The van der Waals surface area contributed by atoms with Gasteiger partial charge in [0.25, 0.3) is 5.78 Å². The number of hydrogen-bond donors (Lipinski definition) is 0. The zero-order valence-corrected chi connectivity index (χ0v) is 15.6. The Kier molecular flexibility index (Phi) is 5.49. The minimum atomic E-state index is -0.204. The van der Waals surface area contributed by atoms with E-state index in [1.807, 2.05) is 13.8 Å². The molecular weight excluding hydrogens is 334 g/mol. The number of esters is 1. The molecule has 1 aliphatic heterocycles. The third kappa shape index (κ3) is 3.68. The standard InChI is InChI=1S/C18H25N5O3/c1-4-26-17(25)14-6-5-9-22(10-14)16(24)8-7-15-12(2)21-18-19-11-20-23(18)13(15)3/h11,14H,4-10H2,1-3H3. The normalized spacial score (nSPS) is 17.5. The van der Waals surface area contributed by atoms with Gasteiger partial charge in [-0.2, -0.15) is 10.1 Å². The maximum atomic E-state index is 12.7. The molecule has 140 valence electrons. The van der Waals surface area contributed by atoms with E-state index in [0.29, 0.717) is 38.3 Å². The monoisotopic (exact) mass is 359 g/mol. The van der Waals surface area contributed by atoms with Crippen molar-refractivity contribution in [3.63, 3.8) is 0 Å². The summed E-state index contributed by atoms with van der Waals surface area (Å²) in [6.07, 6.45) is 4.08. The summed E-state index contributed by atoms with van der Waals surface area (Å²) in [4.78, 5) is 34.9. The summed E-state index contributed by atoms with van der Waals surface area (Å²) >= 11 is 0. The molecule has 0 spiro atoms. The molecule has 1 unspecified atom stereocenters. The van der Waals surface area contributed by atoms with E-state index in [1.165, 1.54) is 6.33 Å². The largest absolute Gasteiger partial charge is 0.466 e. The fourth-order valence-electron chi connectivity index (χ4n) is 3.56. The molecule has 8 heteroatoms. The highest BCUT2D eigenvalue weighted by Gasteiger charge is 2.29. The third-order valence-electron chi connectivity index (χ3n) is 4.97. The molecule has 1 saturated heterocycles. The summed E-state index contributed by atoms with van der Waals surface area (Å²) < 4.78 is 6.80. The molecule has 0 radical (unpaired) electrons. The van der Waals surface area contributed by atoms with Crippen LogP contribution < -0.4 is 0 Å². The van der Waals surface area contributed by atoms with Crippen LogP contribution in [0.4, 0.5) is 0 Å². The first-order valence-electron chi connectivity index (χ1n) is 9.11. The third-order valence-corrected chi connectivity index (χ3v) is 4.97. The van der Waals surface area contributed by atoms with E-state index in [2.05, 4.69) is 15.1 Å². The number of fused-ring (bicyclic) bond motifs is 1. The number of amides is 1. The van der Waals surface area contributed by atoms with Crippen molar-refractivity contribution in [2.45, 2.75) is 46.5 Å². The number of likely N-dealkylation sites (tertiary alicyclic amines) is 1. The zero-order valence-electron chi connectivity index (χ0n) is 15.6. The van der Waals surface area contributed by atoms with Crippen molar-refractivity contribution in [3.8, 4) is 0 Å². The summed E-state index contributed by atoms with van der Waals surface area (Å²) in [7, 11) is 0. The van der Waals surface area contributed by atoms with E-state index in [1.54, 1.807) is 16.3 Å². The molecule has 8 nitrogen and oxygen atoms in total. The lowest BCUT2D eigenvalue weighted by Gasteiger charge is -2.31. The van der Waals surface area contributed by atoms with Gasteiger partial charge in [-0.05, 0) is 45.6 Å². The second-order valence-electron chi connectivity index (χ2n) is 6.66. The Morgan fingerprint density at radius 3 is 2.92 bits per heavy atom. The minimum absolute atomic E-state index is 0.0662. The van der Waals surface area contributed by atoms with Crippen molar-refractivity contribution in [2.75, 3.05) is 19.7 Å². The highest BCUT2D eigenvalue weighted by molar-refractivity contribution is 5.78. The Balaban J connectivity index is 1.64. The molecule has 0 saturated carbocycles. The van der Waals surface area contributed by atoms with Crippen LogP contribution in [-0.4, -0.2) is 56.1 Å². The Labute approximate surface area is 152 Å². The SMILES string of the molecule is CCOC(=O)C1CCCN(C(=O)CCc2c(C)nc3ncnn3c2C)C1. The fraction of sp³-hybridized carbons (Fsp3) is 0.611. The van der Waals surface area contributed by atoms with Gasteiger partial charge in [-0.25, -0.2) is 9.50 Å². The van der Waals surface area contributed by atoms with E-state index in [4.69, 9.17) is 4.74 Å². The summed E-state index contributed by atoms with van der Waals surface area (Å²) in [5, 5.41) is 4.18. The second-order valence-corrected chi connectivity index (χ2v) is 6.66. The molecule has 2 aromatic heterocycles. The van der Waals surface area contributed by atoms with Crippen LogP contribution in [0.1, 0.15) is 43.1 Å². The molecule has 3 rings (SSSR count). The van der Waals surface area contributed by atoms with Crippen LogP contribution in [0.25, 0.3) is 5.78 Å².